The smallest absolute Gasteiger partial charge is 0.230 e. The maximum absolute atomic E-state index is 13.5. The maximum Gasteiger partial charge on any atom is 0.230 e. The number of fused-ring (bicyclic) bond motifs is 1. The van der Waals surface area contributed by atoms with E-state index in [1.807, 2.05) is 24.3 Å². The van der Waals surface area contributed by atoms with E-state index in [2.05, 4.69) is 15.3 Å². The number of carbonyl (C=O) groups is 1. The fraction of sp³-hybridized carbons (Fsp3) is 0.167. The van der Waals surface area contributed by atoms with Gasteiger partial charge >= 0.3 is 0 Å². The van der Waals surface area contributed by atoms with Gasteiger partial charge in [0, 0.05) is 11.9 Å². The summed E-state index contributed by atoms with van der Waals surface area (Å²) < 4.78 is 13.5. The molecule has 0 radical (unpaired) electrons. The zero-order valence-electron chi connectivity index (χ0n) is 12.9. The van der Waals surface area contributed by atoms with Crippen molar-refractivity contribution >= 4 is 28.6 Å². The first-order chi connectivity index (χ1) is 11.7. The van der Waals surface area contributed by atoms with Gasteiger partial charge in [-0.05, 0) is 24.1 Å². The van der Waals surface area contributed by atoms with Gasteiger partial charge in [-0.1, -0.05) is 48.2 Å². The predicted octanol–water partition coefficient (Wildman–Crippen LogP) is 3.22. The van der Waals surface area contributed by atoms with Crippen molar-refractivity contribution in [3.63, 3.8) is 0 Å². The molecular formula is C18H16FN3OS. The zero-order chi connectivity index (χ0) is 16.8. The SMILES string of the molecule is O=C(CSc1ncnc2ccccc12)NCCc1ccccc1F. The van der Waals surface area contributed by atoms with Gasteiger partial charge in [-0.15, -0.1) is 0 Å². The minimum absolute atomic E-state index is 0.0981. The zero-order valence-corrected chi connectivity index (χ0v) is 13.7. The molecule has 0 aliphatic rings. The van der Waals surface area contributed by atoms with Crippen molar-refractivity contribution in [2.24, 2.45) is 0 Å². The highest BCUT2D eigenvalue weighted by molar-refractivity contribution is 8.00. The number of nitrogens with zero attached hydrogens (tertiary/aromatic N) is 2. The van der Waals surface area contributed by atoms with Gasteiger partial charge in [-0.25, -0.2) is 14.4 Å². The predicted molar refractivity (Wildman–Crippen MR) is 93.4 cm³/mol. The van der Waals surface area contributed by atoms with Gasteiger partial charge in [0.05, 0.1) is 11.3 Å². The molecule has 24 heavy (non-hydrogen) atoms. The second-order valence-electron chi connectivity index (χ2n) is 5.18. The highest BCUT2D eigenvalue weighted by atomic mass is 32.2. The van der Waals surface area contributed by atoms with Gasteiger partial charge in [0.2, 0.25) is 5.91 Å². The van der Waals surface area contributed by atoms with Crippen LogP contribution in [-0.2, 0) is 11.2 Å². The maximum atomic E-state index is 13.5. The monoisotopic (exact) mass is 341 g/mol. The van der Waals surface area contributed by atoms with E-state index in [1.54, 1.807) is 18.2 Å². The van der Waals surface area contributed by atoms with Crippen LogP contribution in [0.2, 0.25) is 0 Å². The summed E-state index contributed by atoms with van der Waals surface area (Å²) in [6, 6.07) is 14.3. The van der Waals surface area contributed by atoms with Crippen LogP contribution in [0.3, 0.4) is 0 Å². The van der Waals surface area contributed by atoms with Crippen molar-refractivity contribution in [1.29, 1.82) is 0 Å². The number of hydrogen-bond acceptors (Lipinski definition) is 4. The molecule has 0 bridgehead atoms. The van der Waals surface area contributed by atoms with Crippen LogP contribution < -0.4 is 5.32 Å². The number of aromatic nitrogens is 2. The molecule has 0 fully saturated rings. The minimum Gasteiger partial charge on any atom is -0.355 e. The van der Waals surface area contributed by atoms with Gasteiger partial charge in [0.1, 0.15) is 17.2 Å². The van der Waals surface area contributed by atoms with E-state index in [1.165, 1.54) is 24.2 Å². The lowest BCUT2D eigenvalue weighted by atomic mass is 10.1. The van der Waals surface area contributed by atoms with Crippen LogP contribution in [0.25, 0.3) is 10.9 Å². The van der Waals surface area contributed by atoms with Crippen molar-refractivity contribution in [3.8, 4) is 0 Å². The normalized spacial score (nSPS) is 10.7. The second-order valence-corrected chi connectivity index (χ2v) is 6.14. The van der Waals surface area contributed by atoms with Crippen LogP contribution in [0.5, 0.6) is 0 Å². The Balaban J connectivity index is 1.51. The molecule has 3 rings (SSSR count). The van der Waals surface area contributed by atoms with E-state index in [4.69, 9.17) is 0 Å². The summed E-state index contributed by atoms with van der Waals surface area (Å²) >= 11 is 1.37. The van der Waals surface area contributed by atoms with Crippen LogP contribution in [-0.4, -0.2) is 28.2 Å². The number of para-hydroxylation sites is 1. The van der Waals surface area contributed by atoms with Gasteiger partial charge in [-0.2, -0.15) is 0 Å². The van der Waals surface area contributed by atoms with Gasteiger partial charge in [0.25, 0.3) is 0 Å². The quantitative estimate of drug-likeness (QED) is 0.552. The number of thioether (sulfide) groups is 1. The number of rotatable bonds is 6. The van der Waals surface area contributed by atoms with E-state index >= 15 is 0 Å². The van der Waals surface area contributed by atoms with E-state index < -0.39 is 0 Å². The lowest BCUT2D eigenvalue weighted by Crippen LogP contribution is -2.27. The van der Waals surface area contributed by atoms with Crippen LogP contribution in [0.4, 0.5) is 4.39 Å². The standard InChI is InChI=1S/C18H16FN3OS/c19-15-7-3-1-5-13(15)9-10-20-17(23)11-24-18-14-6-2-4-8-16(14)21-12-22-18/h1-8,12H,9-11H2,(H,20,23). The highest BCUT2D eigenvalue weighted by Gasteiger charge is 2.08. The molecule has 3 aromatic rings. The molecular weight excluding hydrogens is 325 g/mol. The Hall–Kier alpha value is -2.47. The molecule has 1 heterocycles. The largest absolute Gasteiger partial charge is 0.355 e. The second kappa shape index (κ2) is 7.88. The molecule has 0 spiro atoms. The number of amides is 1. The average Bonchev–Trinajstić information content (AvgIpc) is 2.61. The first kappa shape index (κ1) is 16.4. The Morgan fingerprint density at radius 3 is 2.75 bits per heavy atom. The molecule has 0 aliphatic carbocycles. The van der Waals surface area contributed by atoms with Crippen LogP contribution in [0.1, 0.15) is 5.56 Å². The molecule has 1 N–H and O–H groups in total. The van der Waals surface area contributed by atoms with Gasteiger partial charge in [-0.3, -0.25) is 4.79 Å². The molecule has 1 amide bonds. The summed E-state index contributed by atoms with van der Waals surface area (Å²) in [4.78, 5) is 20.4. The molecule has 0 unspecified atom stereocenters. The van der Waals surface area contributed by atoms with Crippen LogP contribution in [0.15, 0.2) is 59.9 Å². The summed E-state index contributed by atoms with van der Waals surface area (Å²) in [5.74, 6) is -0.0780. The lowest BCUT2D eigenvalue weighted by molar-refractivity contribution is -0.118. The first-order valence-corrected chi connectivity index (χ1v) is 8.55. The summed E-state index contributed by atoms with van der Waals surface area (Å²) in [5, 5.41) is 4.52. The molecule has 0 aliphatic heterocycles. The summed E-state index contributed by atoms with van der Waals surface area (Å²) in [6.07, 6.45) is 1.97. The van der Waals surface area contributed by atoms with Crippen LogP contribution >= 0.6 is 11.8 Å². The van der Waals surface area contributed by atoms with Crippen molar-refractivity contribution in [3.05, 3.63) is 66.2 Å². The number of carbonyl (C=O) groups excluding carboxylic acids is 1. The molecule has 0 atom stereocenters. The van der Waals surface area contributed by atoms with E-state index in [0.717, 1.165) is 15.9 Å². The average molecular weight is 341 g/mol. The van der Waals surface area contributed by atoms with E-state index in [9.17, 15) is 9.18 Å². The Labute approximate surface area is 143 Å². The van der Waals surface area contributed by atoms with Crippen molar-refractivity contribution in [2.75, 3.05) is 12.3 Å². The highest BCUT2D eigenvalue weighted by Crippen LogP contribution is 2.23. The molecule has 2 aromatic carbocycles. The Morgan fingerprint density at radius 2 is 1.88 bits per heavy atom. The summed E-state index contributed by atoms with van der Waals surface area (Å²) in [6.45, 7) is 0.408. The topological polar surface area (TPSA) is 54.9 Å². The summed E-state index contributed by atoms with van der Waals surface area (Å²) in [5.41, 5.74) is 1.46. The number of hydrogen-bond donors (Lipinski definition) is 1. The van der Waals surface area contributed by atoms with Crippen molar-refractivity contribution < 1.29 is 9.18 Å². The molecule has 122 valence electrons. The van der Waals surface area contributed by atoms with Gasteiger partial charge < -0.3 is 5.32 Å². The Bertz CT molecular complexity index is 851. The van der Waals surface area contributed by atoms with E-state index in [0.29, 0.717) is 18.5 Å². The third-order valence-corrected chi connectivity index (χ3v) is 4.53. The Morgan fingerprint density at radius 1 is 1.08 bits per heavy atom. The molecule has 6 heteroatoms. The van der Waals surface area contributed by atoms with Crippen molar-refractivity contribution in [1.82, 2.24) is 15.3 Å². The Kier molecular flexibility index (Phi) is 5.38. The molecule has 1 aromatic heterocycles. The first-order valence-electron chi connectivity index (χ1n) is 7.56. The number of nitrogens with one attached hydrogen (secondary N) is 1. The third kappa shape index (κ3) is 4.08. The lowest BCUT2D eigenvalue weighted by Gasteiger charge is -2.07. The van der Waals surface area contributed by atoms with E-state index in [-0.39, 0.29) is 17.5 Å². The number of halogens is 1. The van der Waals surface area contributed by atoms with Crippen molar-refractivity contribution in [2.45, 2.75) is 11.4 Å². The molecule has 0 saturated carbocycles. The summed E-state index contributed by atoms with van der Waals surface area (Å²) in [7, 11) is 0. The minimum atomic E-state index is -0.242. The fourth-order valence-corrected chi connectivity index (χ4v) is 3.14. The molecule has 0 saturated heterocycles. The van der Waals surface area contributed by atoms with Crippen LogP contribution in [0, 0.1) is 5.82 Å². The fourth-order valence-electron chi connectivity index (χ4n) is 2.32. The number of benzene rings is 2. The molecule has 4 nitrogen and oxygen atoms in total. The van der Waals surface area contributed by atoms with Gasteiger partial charge in [0.15, 0.2) is 0 Å². The third-order valence-electron chi connectivity index (χ3n) is 3.52.